The van der Waals surface area contributed by atoms with E-state index in [-0.39, 0.29) is 0 Å². The second-order valence-corrected chi connectivity index (χ2v) is 5.90. The molecule has 1 saturated carbocycles. The molecule has 0 radical (unpaired) electrons. The van der Waals surface area contributed by atoms with Gasteiger partial charge in [0.1, 0.15) is 0 Å². The number of hydrogen-bond donors (Lipinski definition) is 1. The predicted octanol–water partition coefficient (Wildman–Crippen LogP) is 3.16. The van der Waals surface area contributed by atoms with E-state index in [4.69, 9.17) is 17.3 Å². The van der Waals surface area contributed by atoms with Crippen LogP contribution >= 0.6 is 11.6 Å². The highest BCUT2D eigenvalue weighted by molar-refractivity contribution is 6.31. The molecule has 1 heterocycles. The third kappa shape index (κ3) is 2.93. The first-order valence-corrected chi connectivity index (χ1v) is 7.43. The Balaban J connectivity index is 1.85. The van der Waals surface area contributed by atoms with E-state index in [2.05, 4.69) is 15.5 Å². The molecule has 0 amide bonds. The Bertz CT molecular complexity index is 569. The molecule has 0 spiro atoms. The summed E-state index contributed by atoms with van der Waals surface area (Å²) in [5.41, 5.74) is 7.33. The number of aromatic nitrogens is 4. The minimum Gasteiger partial charge on any atom is -0.399 e. The Morgan fingerprint density at radius 2 is 2.00 bits per heavy atom. The number of nitrogens with zero attached hydrogens (tertiary/aromatic N) is 4. The van der Waals surface area contributed by atoms with Crippen LogP contribution in [-0.2, 0) is 6.54 Å². The van der Waals surface area contributed by atoms with E-state index in [1.165, 1.54) is 32.1 Å². The SMILES string of the molecule is Nc1cc(Cl)cc(-c2nnnn2CC2CCCCC2)c1. The summed E-state index contributed by atoms with van der Waals surface area (Å²) in [6, 6.07) is 5.43. The van der Waals surface area contributed by atoms with Crippen LogP contribution < -0.4 is 5.73 Å². The molecule has 0 aliphatic heterocycles. The topological polar surface area (TPSA) is 69.6 Å². The van der Waals surface area contributed by atoms with Gasteiger partial charge in [-0.25, -0.2) is 4.68 Å². The maximum absolute atomic E-state index is 6.05. The Morgan fingerprint density at radius 1 is 1.20 bits per heavy atom. The summed E-state index contributed by atoms with van der Waals surface area (Å²) in [5, 5.41) is 12.6. The van der Waals surface area contributed by atoms with Gasteiger partial charge in [0.05, 0.1) is 0 Å². The average Bonchev–Trinajstić information content (AvgIpc) is 2.87. The van der Waals surface area contributed by atoms with Crippen LogP contribution in [0.2, 0.25) is 5.02 Å². The van der Waals surface area contributed by atoms with E-state index >= 15 is 0 Å². The Hall–Kier alpha value is -1.62. The molecule has 1 aromatic carbocycles. The number of nitrogens with two attached hydrogens (primary N) is 1. The van der Waals surface area contributed by atoms with Gasteiger partial charge in [-0.15, -0.1) is 5.10 Å². The van der Waals surface area contributed by atoms with Crippen LogP contribution in [0.25, 0.3) is 11.4 Å². The summed E-state index contributed by atoms with van der Waals surface area (Å²) in [6.07, 6.45) is 6.50. The summed E-state index contributed by atoms with van der Waals surface area (Å²) >= 11 is 6.05. The van der Waals surface area contributed by atoms with Gasteiger partial charge < -0.3 is 5.73 Å². The van der Waals surface area contributed by atoms with Crippen LogP contribution in [0.1, 0.15) is 32.1 Å². The van der Waals surface area contributed by atoms with Crippen molar-refractivity contribution in [2.45, 2.75) is 38.6 Å². The van der Waals surface area contributed by atoms with Gasteiger partial charge in [-0.1, -0.05) is 30.9 Å². The Morgan fingerprint density at radius 3 is 2.75 bits per heavy atom. The standard InChI is InChI=1S/C14H18ClN5/c15-12-6-11(7-13(16)8-12)14-17-18-19-20(14)9-10-4-2-1-3-5-10/h6-8,10H,1-5,9,16H2. The molecular weight excluding hydrogens is 274 g/mol. The zero-order chi connectivity index (χ0) is 13.9. The molecule has 3 rings (SSSR count). The quantitative estimate of drug-likeness (QED) is 0.882. The summed E-state index contributed by atoms with van der Waals surface area (Å²) in [7, 11) is 0. The molecule has 0 unspecified atom stereocenters. The van der Waals surface area contributed by atoms with E-state index in [0.29, 0.717) is 16.6 Å². The Labute approximate surface area is 123 Å². The van der Waals surface area contributed by atoms with Crippen molar-refractivity contribution >= 4 is 17.3 Å². The van der Waals surface area contributed by atoms with Crippen molar-refractivity contribution in [1.82, 2.24) is 20.2 Å². The van der Waals surface area contributed by atoms with Crippen molar-refractivity contribution < 1.29 is 0 Å². The molecule has 2 aromatic rings. The summed E-state index contributed by atoms with van der Waals surface area (Å²) < 4.78 is 1.88. The molecule has 6 heteroatoms. The second kappa shape index (κ2) is 5.79. The summed E-state index contributed by atoms with van der Waals surface area (Å²) in [5.74, 6) is 1.41. The third-order valence-electron chi connectivity index (χ3n) is 3.87. The lowest BCUT2D eigenvalue weighted by Crippen LogP contribution is -2.16. The number of rotatable bonds is 3. The fraction of sp³-hybridized carbons (Fsp3) is 0.500. The molecule has 20 heavy (non-hydrogen) atoms. The molecule has 106 valence electrons. The van der Waals surface area contributed by atoms with E-state index < -0.39 is 0 Å². The average molecular weight is 292 g/mol. The number of halogens is 1. The van der Waals surface area contributed by atoms with Crippen molar-refractivity contribution in [2.75, 3.05) is 5.73 Å². The normalized spacial score (nSPS) is 16.4. The molecule has 5 nitrogen and oxygen atoms in total. The van der Waals surface area contributed by atoms with Gasteiger partial charge in [0.15, 0.2) is 5.82 Å². The monoisotopic (exact) mass is 291 g/mol. The zero-order valence-electron chi connectivity index (χ0n) is 11.3. The first kappa shape index (κ1) is 13.4. The van der Waals surface area contributed by atoms with Gasteiger partial charge in [-0.2, -0.15) is 0 Å². The highest BCUT2D eigenvalue weighted by Gasteiger charge is 2.17. The van der Waals surface area contributed by atoms with Gasteiger partial charge in [0.2, 0.25) is 0 Å². The minimum absolute atomic E-state index is 0.604. The first-order valence-electron chi connectivity index (χ1n) is 7.05. The van der Waals surface area contributed by atoms with Crippen molar-refractivity contribution in [3.05, 3.63) is 23.2 Å². The second-order valence-electron chi connectivity index (χ2n) is 5.46. The number of tetrazole rings is 1. The highest BCUT2D eigenvalue weighted by Crippen LogP contribution is 2.28. The summed E-state index contributed by atoms with van der Waals surface area (Å²) in [4.78, 5) is 0. The lowest BCUT2D eigenvalue weighted by atomic mass is 9.89. The first-order chi connectivity index (χ1) is 9.72. The number of benzene rings is 1. The smallest absolute Gasteiger partial charge is 0.182 e. The summed E-state index contributed by atoms with van der Waals surface area (Å²) in [6.45, 7) is 0.870. The van der Waals surface area contributed by atoms with E-state index in [0.717, 1.165) is 17.9 Å². The van der Waals surface area contributed by atoms with Crippen molar-refractivity contribution in [3.8, 4) is 11.4 Å². The van der Waals surface area contributed by atoms with E-state index in [9.17, 15) is 0 Å². The fourth-order valence-electron chi connectivity index (χ4n) is 2.89. The van der Waals surface area contributed by atoms with Crippen molar-refractivity contribution in [3.63, 3.8) is 0 Å². The molecule has 1 fully saturated rings. The van der Waals surface area contributed by atoms with Gasteiger partial charge in [0.25, 0.3) is 0 Å². The molecule has 1 aliphatic rings. The minimum atomic E-state index is 0.604. The molecule has 1 aromatic heterocycles. The Kier molecular flexibility index (Phi) is 3.87. The molecule has 1 aliphatic carbocycles. The lowest BCUT2D eigenvalue weighted by Gasteiger charge is -2.21. The van der Waals surface area contributed by atoms with Crippen LogP contribution in [0, 0.1) is 5.92 Å². The number of hydrogen-bond acceptors (Lipinski definition) is 4. The van der Waals surface area contributed by atoms with Gasteiger partial charge in [-0.3, -0.25) is 0 Å². The van der Waals surface area contributed by atoms with Crippen LogP contribution in [0.3, 0.4) is 0 Å². The van der Waals surface area contributed by atoms with Gasteiger partial charge in [-0.05, 0) is 47.4 Å². The van der Waals surface area contributed by atoms with Crippen LogP contribution in [0.4, 0.5) is 5.69 Å². The molecule has 0 atom stereocenters. The fourth-order valence-corrected chi connectivity index (χ4v) is 3.13. The van der Waals surface area contributed by atoms with Crippen LogP contribution in [0.15, 0.2) is 18.2 Å². The molecule has 0 bridgehead atoms. The maximum atomic E-state index is 6.05. The number of nitrogen functional groups attached to an aromatic ring is 1. The lowest BCUT2D eigenvalue weighted by molar-refractivity contribution is 0.307. The number of anilines is 1. The van der Waals surface area contributed by atoms with Crippen LogP contribution in [-0.4, -0.2) is 20.2 Å². The highest BCUT2D eigenvalue weighted by atomic mass is 35.5. The molecule has 0 saturated heterocycles. The van der Waals surface area contributed by atoms with E-state index in [1.54, 1.807) is 6.07 Å². The third-order valence-corrected chi connectivity index (χ3v) is 4.08. The van der Waals surface area contributed by atoms with Gasteiger partial charge in [0, 0.05) is 22.8 Å². The molecule has 2 N–H and O–H groups in total. The van der Waals surface area contributed by atoms with Gasteiger partial charge >= 0.3 is 0 Å². The molecular formula is C14H18ClN5. The van der Waals surface area contributed by atoms with Crippen molar-refractivity contribution in [2.24, 2.45) is 5.92 Å². The van der Waals surface area contributed by atoms with Crippen LogP contribution in [0.5, 0.6) is 0 Å². The largest absolute Gasteiger partial charge is 0.399 e. The zero-order valence-corrected chi connectivity index (χ0v) is 12.1. The van der Waals surface area contributed by atoms with Crippen molar-refractivity contribution in [1.29, 1.82) is 0 Å². The predicted molar refractivity (Wildman–Crippen MR) is 79.3 cm³/mol. The van der Waals surface area contributed by atoms with E-state index in [1.807, 2.05) is 16.8 Å². The maximum Gasteiger partial charge on any atom is 0.182 e.